The van der Waals surface area contributed by atoms with Crippen molar-refractivity contribution in [3.05, 3.63) is 115 Å². The lowest BCUT2D eigenvalue weighted by molar-refractivity contribution is 0.285. The molecule has 2 aliphatic rings. The molecule has 5 heteroatoms. The number of para-hydroxylation sites is 4. The molecule has 0 radical (unpaired) electrons. The minimum Gasteiger partial charge on any atom is -0.440 e. The van der Waals surface area contributed by atoms with E-state index in [1.165, 1.54) is 16.8 Å². The Morgan fingerprint density at radius 1 is 0.488 bits per heavy atom. The summed E-state index contributed by atoms with van der Waals surface area (Å²) in [5, 5.41) is 0. The third-order valence-electron chi connectivity index (χ3n) is 9.75. The molecule has 0 unspecified atom stereocenters. The molecule has 43 heavy (non-hydrogen) atoms. The molecule has 0 N–H and O–H groups in total. The number of fused-ring (bicyclic) bond motifs is 2. The monoisotopic (exact) mass is 567 g/mol. The first-order valence-electron chi connectivity index (χ1n) is 15.9. The van der Waals surface area contributed by atoms with Crippen molar-refractivity contribution in [1.82, 2.24) is 9.97 Å². The summed E-state index contributed by atoms with van der Waals surface area (Å²) in [5.74, 6) is 2.60. The summed E-state index contributed by atoms with van der Waals surface area (Å²) in [6, 6.07) is 37.2. The molecule has 0 amide bonds. The maximum absolute atomic E-state index is 6.21. The minimum atomic E-state index is 0.385. The van der Waals surface area contributed by atoms with Crippen LogP contribution in [0.4, 0.5) is 5.69 Å². The molecule has 2 saturated carbocycles. The van der Waals surface area contributed by atoms with Gasteiger partial charge in [0, 0.05) is 29.6 Å². The Labute approximate surface area is 252 Å². The fourth-order valence-electron chi connectivity index (χ4n) is 7.53. The van der Waals surface area contributed by atoms with Gasteiger partial charge in [-0.15, -0.1) is 0 Å². The van der Waals surface area contributed by atoms with Crippen molar-refractivity contribution in [3.63, 3.8) is 0 Å². The van der Waals surface area contributed by atoms with Crippen LogP contribution < -0.4 is 4.90 Å². The summed E-state index contributed by atoms with van der Waals surface area (Å²) in [6.45, 7) is 0. The van der Waals surface area contributed by atoms with Crippen molar-refractivity contribution in [2.75, 3.05) is 4.90 Å². The fraction of sp³-hybridized carbons (Fsp3) is 0.316. The van der Waals surface area contributed by atoms with E-state index in [2.05, 4.69) is 59.5 Å². The maximum atomic E-state index is 6.21. The van der Waals surface area contributed by atoms with E-state index in [-0.39, 0.29) is 0 Å². The number of hydrogen-bond donors (Lipinski definition) is 0. The summed E-state index contributed by atoms with van der Waals surface area (Å²) in [7, 11) is 0. The van der Waals surface area contributed by atoms with Crippen molar-refractivity contribution < 1.29 is 8.83 Å². The van der Waals surface area contributed by atoms with Gasteiger partial charge >= 0.3 is 0 Å². The van der Waals surface area contributed by atoms with Crippen LogP contribution in [0.25, 0.3) is 33.3 Å². The van der Waals surface area contributed by atoms with Gasteiger partial charge in [-0.3, -0.25) is 0 Å². The van der Waals surface area contributed by atoms with E-state index in [4.69, 9.17) is 18.8 Å². The van der Waals surface area contributed by atoms with Crippen LogP contribution in [0, 0.1) is 0 Å². The Morgan fingerprint density at radius 2 is 0.977 bits per heavy atom. The molecule has 2 fully saturated rings. The minimum absolute atomic E-state index is 0.385. The smallest absolute Gasteiger partial charge is 0.198 e. The highest BCUT2D eigenvalue weighted by molar-refractivity contribution is 5.73. The third kappa shape index (κ3) is 5.22. The van der Waals surface area contributed by atoms with E-state index >= 15 is 0 Å². The van der Waals surface area contributed by atoms with Gasteiger partial charge in [-0.2, -0.15) is 0 Å². The van der Waals surface area contributed by atoms with Crippen LogP contribution in [-0.4, -0.2) is 22.1 Å². The summed E-state index contributed by atoms with van der Waals surface area (Å²) >= 11 is 0. The Morgan fingerprint density at radius 3 is 1.51 bits per heavy atom. The zero-order chi connectivity index (χ0) is 28.6. The first-order valence-corrected chi connectivity index (χ1v) is 15.9. The highest BCUT2D eigenvalue weighted by Crippen LogP contribution is 2.42. The van der Waals surface area contributed by atoms with E-state index in [9.17, 15) is 0 Å². The summed E-state index contributed by atoms with van der Waals surface area (Å²) in [4.78, 5) is 12.5. The predicted octanol–water partition coefficient (Wildman–Crippen LogP) is 9.90. The Balaban J connectivity index is 1.04. The van der Waals surface area contributed by atoms with Gasteiger partial charge in [-0.05, 0) is 98.9 Å². The van der Waals surface area contributed by atoms with Crippen LogP contribution >= 0.6 is 0 Å². The highest BCUT2D eigenvalue weighted by atomic mass is 16.4. The van der Waals surface area contributed by atoms with Gasteiger partial charge in [-0.25, -0.2) is 9.97 Å². The molecule has 2 aliphatic carbocycles. The van der Waals surface area contributed by atoms with E-state index in [0.29, 0.717) is 23.9 Å². The summed E-state index contributed by atoms with van der Waals surface area (Å²) in [5.41, 5.74) is 7.62. The lowest BCUT2D eigenvalue weighted by Gasteiger charge is -2.45. The van der Waals surface area contributed by atoms with Crippen molar-refractivity contribution in [3.8, 4) is 11.1 Å². The molecule has 2 heterocycles. The number of nitrogens with zero attached hydrogens (tertiary/aromatic N) is 3. The molecular formula is C38H37N3O2. The second kappa shape index (κ2) is 11.4. The molecule has 216 valence electrons. The molecule has 8 rings (SSSR count). The van der Waals surface area contributed by atoms with Gasteiger partial charge in [0.05, 0.1) is 0 Å². The van der Waals surface area contributed by atoms with Crippen LogP contribution in [0.3, 0.4) is 0 Å². The third-order valence-corrected chi connectivity index (χ3v) is 9.75. The zero-order valence-electron chi connectivity index (χ0n) is 24.4. The Bertz CT molecular complexity index is 1660. The number of aromatic nitrogens is 2. The van der Waals surface area contributed by atoms with Crippen LogP contribution in [0.1, 0.15) is 75.0 Å². The van der Waals surface area contributed by atoms with Crippen LogP contribution in [-0.2, 0) is 0 Å². The molecule has 0 spiro atoms. The Hall–Kier alpha value is -4.38. The average molecular weight is 568 g/mol. The first-order chi connectivity index (χ1) is 21.3. The maximum Gasteiger partial charge on any atom is 0.198 e. The van der Waals surface area contributed by atoms with Crippen molar-refractivity contribution in [2.45, 2.75) is 75.3 Å². The normalized spacial score (nSPS) is 22.6. The molecule has 0 atom stereocenters. The molecule has 0 bridgehead atoms. The van der Waals surface area contributed by atoms with Gasteiger partial charge in [0.1, 0.15) is 11.0 Å². The number of anilines is 1. The molecule has 0 saturated heterocycles. The first kappa shape index (κ1) is 26.3. The van der Waals surface area contributed by atoms with Gasteiger partial charge < -0.3 is 13.7 Å². The van der Waals surface area contributed by atoms with Crippen molar-refractivity contribution in [1.29, 1.82) is 0 Å². The van der Waals surface area contributed by atoms with Crippen LogP contribution in [0.5, 0.6) is 0 Å². The topological polar surface area (TPSA) is 55.3 Å². The summed E-state index contributed by atoms with van der Waals surface area (Å²) in [6.07, 6.45) is 8.98. The van der Waals surface area contributed by atoms with Crippen LogP contribution in [0.2, 0.25) is 0 Å². The molecular weight excluding hydrogens is 530 g/mol. The highest BCUT2D eigenvalue weighted by Gasteiger charge is 2.36. The lowest BCUT2D eigenvalue weighted by Crippen LogP contribution is -2.46. The quantitative estimate of drug-likeness (QED) is 0.200. The predicted molar refractivity (Wildman–Crippen MR) is 172 cm³/mol. The van der Waals surface area contributed by atoms with Gasteiger partial charge in [-0.1, -0.05) is 66.7 Å². The number of rotatable bonds is 6. The molecule has 2 aromatic heterocycles. The number of oxazole rings is 2. The van der Waals surface area contributed by atoms with Crippen LogP contribution in [0.15, 0.2) is 112 Å². The average Bonchev–Trinajstić information content (AvgIpc) is 3.71. The van der Waals surface area contributed by atoms with Gasteiger partial charge in [0.25, 0.3) is 0 Å². The van der Waals surface area contributed by atoms with E-state index < -0.39 is 0 Å². The largest absolute Gasteiger partial charge is 0.440 e. The number of hydrogen-bond acceptors (Lipinski definition) is 5. The second-order valence-corrected chi connectivity index (χ2v) is 12.4. The standard InChI is InChI=1S/C38H37N3O2/c1-2-9-26(10-3-1)29-11-8-12-32(25-29)41(30-21-17-27(18-22-30)37-39-33-13-4-6-15-35(33)42-37)31-23-19-28(20-24-31)38-40-34-14-5-7-16-36(34)43-38/h1-16,25,27-28,30-31H,17-24H2. The summed E-state index contributed by atoms with van der Waals surface area (Å²) < 4.78 is 12.4. The molecule has 6 aromatic rings. The molecule has 5 nitrogen and oxygen atoms in total. The van der Waals surface area contributed by atoms with Gasteiger partial charge in [0.15, 0.2) is 22.9 Å². The molecule has 0 aliphatic heterocycles. The Kier molecular flexibility index (Phi) is 6.94. The van der Waals surface area contributed by atoms with Crippen molar-refractivity contribution >= 4 is 27.9 Å². The van der Waals surface area contributed by atoms with E-state index in [0.717, 1.165) is 85.3 Å². The van der Waals surface area contributed by atoms with E-state index in [1.54, 1.807) is 0 Å². The number of benzene rings is 4. The second-order valence-electron chi connectivity index (χ2n) is 12.4. The fourth-order valence-corrected chi connectivity index (χ4v) is 7.53. The lowest BCUT2D eigenvalue weighted by atomic mass is 9.81. The molecule has 4 aromatic carbocycles. The van der Waals surface area contributed by atoms with E-state index in [1.807, 2.05) is 48.5 Å². The van der Waals surface area contributed by atoms with Crippen molar-refractivity contribution in [2.24, 2.45) is 0 Å². The van der Waals surface area contributed by atoms with Gasteiger partial charge in [0.2, 0.25) is 0 Å². The SMILES string of the molecule is c1ccc(-c2cccc(N(C3CCC(c4nc5ccccc5o4)CC3)C3CCC(c4nc5ccccc5o4)CC3)c2)cc1. The zero-order valence-corrected chi connectivity index (χ0v) is 24.4.